The number of fused-ring (bicyclic) bond motifs is 1. The first-order valence-electron chi connectivity index (χ1n) is 7.02. The third-order valence-electron chi connectivity index (χ3n) is 3.57. The van der Waals surface area contributed by atoms with Gasteiger partial charge in [-0.1, -0.05) is 35.5 Å². The maximum atomic E-state index is 12.2. The molecule has 112 valence electrons. The van der Waals surface area contributed by atoms with Crippen molar-refractivity contribution in [3.63, 3.8) is 0 Å². The molecule has 2 N–H and O–H groups in total. The predicted octanol–water partition coefficient (Wildman–Crippen LogP) is 2.62. The van der Waals surface area contributed by atoms with Gasteiger partial charge in [0.05, 0.1) is 6.20 Å². The minimum absolute atomic E-state index is 0.317. The van der Waals surface area contributed by atoms with E-state index in [0.29, 0.717) is 22.7 Å². The van der Waals surface area contributed by atoms with Gasteiger partial charge >= 0.3 is 5.63 Å². The first-order valence-corrected chi connectivity index (χ1v) is 7.02. The third-order valence-corrected chi connectivity index (χ3v) is 3.57. The maximum absolute atomic E-state index is 12.2. The summed E-state index contributed by atoms with van der Waals surface area (Å²) < 4.78 is 6.74. The predicted molar refractivity (Wildman–Crippen MR) is 87.2 cm³/mol. The van der Waals surface area contributed by atoms with Crippen molar-refractivity contribution in [3.05, 3.63) is 71.2 Å². The molecule has 6 nitrogen and oxygen atoms in total. The average Bonchev–Trinajstić information content (AvgIpc) is 3.04. The van der Waals surface area contributed by atoms with Gasteiger partial charge in [-0.25, -0.2) is 9.48 Å². The zero-order valence-electron chi connectivity index (χ0n) is 12.0. The van der Waals surface area contributed by atoms with E-state index in [2.05, 4.69) is 10.3 Å². The fourth-order valence-electron chi connectivity index (χ4n) is 2.38. The Morgan fingerprint density at radius 3 is 2.65 bits per heavy atom. The van der Waals surface area contributed by atoms with Crippen LogP contribution in [0.5, 0.6) is 0 Å². The molecular formula is C17H12N4O2. The Morgan fingerprint density at radius 1 is 1.04 bits per heavy atom. The third kappa shape index (κ3) is 2.36. The molecule has 0 aliphatic rings. The molecule has 0 saturated carbocycles. The molecule has 0 unspecified atom stereocenters. The van der Waals surface area contributed by atoms with E-state index >= 15 is 0 Å². The van der Waals surface area contributed by atoms with E-state index < -0.39 is 5.63 Å². The summed E-state index contributed by atoms with van der Waals surface area (Å²) in [4.78, 5) is 12.2. The molecule has 0 atom stereocenters. The molecule has 23 heavy (non-hydrogen) atoms. The van der Waals surface area contributed by atoms with Crippen LogP contribution in [0.2, 0.25) is 0 Å². The molecule has 4 aromatic rings. The van der Waals surface area contributed by atoms with Crippen molar-refractivity contribution in [3.8, 4) is 16.9 Å². The highest BCUT2D eigenvalue weighted by atomic mass is 16.4. The molecule has 2 aromatic heterocycles. The maximum Gasteiger partial charge on any atom is 0.362 e. The summed E-state index contributed by atoms with van der Waals surface area (Å²) in [5.74, 6) is 0. The Morgan fingerprint density at radius 2 is 1.83 bits per heavy atom. The van der Waals surface area contributed by atoms with Crippen LogP contribution in [0.15, 0.2) is 70.0 Å². The zero-order valence-corrected chi connectivity index (χ0v) is 12.0. The second-order valence-electron chi connectivity index (χ2n) is 5.13. The van der Waals surface area contributed by atoms with E-state index in [-0.39, 0.29) is 0 Å². The molecule has 0 saturated heterocycles. The number of anilines is 1. The highest BCUT2D eigenvalue weighted by Gasteiger charge is 2.10. The van der Waals surface area contributed by atoms with Crippen molar-refractivity contribution in [1.82, 2.24) is 15.0 Å². The summed E-state index contributed by atoms with van der Waals surface area (Å²) >= 11 is 0. The van der Waals surface area contributed by atoms with E-state index in [4.69, 9.17) is 10.2 Å². The molecule has 0 radical (unpaired) electrons. The normalized spacial score (nSPS) is 11.0. The Balaban J connectivity index is 1.81. The van der Waals surface area contributed by atoms with Crippen LogP contribution in [0.3, 0.4) is 0 Å². The molecule has 0 amide bonds. The van der Waals surface area contributed by atoms with Gasteiger partial charge in [-0.15, -0.1) is 5.10 Å². The highest BCUT2D eigenvalue weighted by Crippen LogP contribution is 2.19. The van der Waals surface area contributed by atoms with Gasteiger partial charge in [0.2, 0.25) is 0 Å². The van der Waals surface area contributed by atoms with Crippen LogP contribution in [0.1, 0.15) is 0 Å². The van der Waals surface area contributed by atoms with Crippen molar-refractivity contribution >= 4 is 16.7 Å². The fourth-order valence-corrected chi connectivity index (χ4v) is 2.38. The quantitative estimate of drug-likeness (QED) is 0.454. The summed E-state index contributed by atoms with van der Waals surface area (Å²) in [5, 5.41) is 8.96. The van der Waals surface area contributed by atoms with Gasteiger partial charge in [0.15, 0.2) is 5.69 Å². The van der Waals surface area contributed by atoms with E-state index in [1.807, 2.05) is 30.3 Å². The summed E-state index contributed by atoms with van der Waals surface area (Å²) in [7, 11) is 0. The van der Waals surface area contributed by atoms with Crippen LogP contribution in [0.4, 0.5) is 5.69 Å². The number of rotatable bonds is 2. The van der Waals surface area contributed by atoms with E-state index in [9.17, 15) is 4.79 Å². The summed E-state index contributed by atoms with van der Waals surface area (Å²) in [6, 6.07) is 16.4. The molecule has 0 spiro atoms. The van der Waals surface area contributed by atoms with Crippen molar-refractivity contribution in [2.45, 2.75) is 0 Å². The van der Waals surface area contributed by atoms with Gasteiger partial charge in [-0.2, -0.15) is 0 Å². The SMILES string of the molecule is Nc1ccc(-c2cn(-c3cc4ccccc4oc3=O)nn2)cc1. The van der Waals surface area contributed by atoms with Crippen molar-refractivity contribution < 1.29 is 4.42 Å². The number of nitrogen functional groups attached to an aromatic ring is 1. The number of aromatic nitrogens is 3. The number of nitrogens with two attached hydrogens (primary N) is 1. The van der Waals surface area contributed by atoms with Crippen molar-refractivity contribution in [1.29, 1.82) is 0 Å². The van der Waals surface area contributed by atoms with Crippen LogP contribution in [0.25, 0.3) is 27.9 Å². The molecule has 2 heterocycles. The van der Waals surface area contributed by atoms with Gasteiger partial charge < -0.3 is 10.2 Å². The largest absolute Gasteiger partial charge is 0.421 e. The van der Waals surface area contributed by atoms with Crippen LogP contribution >= 0.6 is 0 Å². The second-order valence-corrected chi connectivity index (χ2v) is 5.13. The Hall–Kier alpha value is -3.41. The van der Waals surface area contributed by atoms with Crippen LogP contribution < -0.4 is 11.4 Å². The minimum Gasteiger partial charge on any atom is -0.421 e. The fraction of sp³-hybridized carbons (Fsp3) is 0. The van der Waals surface area contributed by atoms with Gasteiger partial charge in [0.1, 0.15) is 11.3 Å². The first kappa shape index (κ1) is 13.3. The van der Waals surface area contributed by atoms with Crippen LogP contribution in [0, 0.1) is 0 Å². The second kappa shape index (κ2) is 5.10. The standard InChI is InChI=1S/C17H12N4O2/c18-13-7-5-11(6-8-13)14-10-21(20-19-14)15-9-12-3-1-2-4-16(12)23-17(15)22/h1-10H,18H2. The lowest BCUT2D eigenvalue weighted by Crippen LogP contribution is -2.10. The van der Waals surface area contributed by atoms with Crippen LogP contribution in [-0.4, -0.2) is 15.0 Å². The minimum atomic E-state index is -0.461. The Kier molecular flexibility index (Phi) is 2.94. The lowest BCUT2D eigenvalue weighted by Gasteiger charge is -2.00. The molecule has 0 aliphatic carbocycles. The monoisotopic (exact) mass is 304 g/mol. The molecule has 0 aliphatic heterocycles. The zero-order chi connectivity index (χ0) is 15.8. The van der Waals surface area contributed by atoms with Crippen molar-refractivity contribution in [2.24, 2.45) is 0 Å². The summed E-state index contributed by atoms with van der Waals surface area (Å²) in [5.41, 5.74) is 8.28. The van der Waals surface area contributed by atoms with Gasteiger partial charge in [0.25, 0.3) is 0 Å². The molecular weight excluding hydrogens is 292 g/mol. The Labute approximate surface area is 130 Å². The van der Waals surface area contributed by atoms with Gasteiger partial charge in [-0.05, 0) is 24.3 Å². The number of benzene rings is 2. The first-order chi connectivity index (χ1) is 11.2. The average molecular weight is 304 g/mol. The van der Waals surface area contributed by atoms with E-state index in [0.717, 1.165) is 10.9 Å². The number of para-hydroxylation sites is 1. The van der Waals surface area contributed by atoms with Crippen LogP contribution in [-0.2, 0) is 0 Å². The number of hydrogen-bond acceptors (Lipinski definition) is 5. The molecule has 2 aromatic carbocycles. The smallest absolute Gasteiger partial charge is 0.362 e. The molecule has 0 fully saturated rings. The topological polar surface area (TPSA) is 86.9 Å². The summed E-state index contributed by atoms with van der Waals surface area (Å²) in [6.45, 7) is 0. The van der Waals surface area contributed by atoms with Crippen molar-refractivity contribution in [2.75, 3.05) is 5.73 Å². The van der Waals surface area contributed by atoms with E-state index in [1.54, 1.807) is 30.5 Å². The van der Waals surface area contributed by atoms with Gasteiger partial charge in [0, 0.05) is 16.6 Å². The van der Waals surface area contributed by atoms with Gasteiger partial charge in [-0.3, -0.25) is 0 Å². The molecule has 4 rings (SSSR count). The lowest BCUT2D eigenvalue weighted by molar-refractivity contribution is 0.550. The number of hydrogen-bond donors (Lipinski definition) is 1. The Bertz CT molecular complexity index is 1050. The summed E-state index contributed by atoms with van der Waals surface area (Å²) in [6.07, 6.45) is 1.69. The number of nitrogens with zero attached hydrogens (tertiary/aromatic N) is 3. The molecule has 0 bridgehead atoms. The molecule has 6 heteroatoms. The highest BCUT2D eigenvalue weighted by molar-refractivity contribution is 5.78. The lowest BCUT2D eigenvalue weighted by atomic mass is 10.1. The van der Waals surface area contributed by atoms with E-state index in [1.165, 1.54) is 4.68 Å².